The zero-order valence-corrected chi connectivity index (χ0v) is 12.0. The maximum Gasteiger partial charge on any atom is 0.0919 e. The van der Waals surface area contributed by atoms with Gasteiger partial charge in [-0.15, -0.1) is 0 Å². The van der Waals surface area contributed by atoms with Crippen molar-refractivity contribution < 1.29 is 0 Å². The average molecular weight is 274 g/mol. The van der Waals surface area contributed by atoms with Crippen molar-refractivity contribution in [1.82, 2.24) is 9.97 Å². The summed E-state index contributed by atoms with van der Waals surface area (Å²) in [6, 6.07) is 13.0. The van der Waals surface area contributed by atoms with Crippen LogP contribution in [-0.2, 0) is 6.42 Å². The zero-order valence-electron chi connectivity index (χ0n) is 12.0. The van der Waals surface area contributed by atoms with Gasteiger partial charge < -0.3 is 4.98 Å². The number of benzene rings is 2. The summed E-state index contributed by atoms with van der Waals surface area (Å²) in [6.07, 6.45) is 7.03. The molecule has 1 heterocycles. The summed E-state index contributed by atoms with van der Waals surface area (Å²) in [5, 5.41) is 2.61. The number of allylic oxidation sites excluding steroid dienone is 2. The molecule has 0 atom stereocenters. The number of imidazole rings is 1. The molecule has 0 saturated carbocycles. The lowest BCUT2D eigenvalue weighted by Gasteiger charge is -2.21. The van der Waals surface area contributed by atoms with Gasteiger partial charge in [-0.25, -0.2) is 4.98 Å². The molecule has 104 valence electrons. The molecule has 1 aliphatic carbocycles. The summed E-state index contributed by atoms with van der Waals surface area (Å²) in [5.41, 5.74) is 5.18. The third kappa shape index (κ3) is 2.95. The highest BCUT2D eigenvalue weighted by molar-refractivity contribution is 5.88. The highest BCUT2D eigenvalue weighted by atomic mass is 14.8. The van der Waals surface area contributed by atoms with Gasteiger partial charge in [-0.3, -0.25) is 0 Å². The number of rotatable bonds is 0. The Morgan fingerprint density at radius 2 is 1.76 bits per heavy atom. The van der Waals surface area contributed by atoms with Gasteiger partial charge >= 0.3 is 0 Å². The smallest absolute Gasteiger partial charge is 0.0919 e. The number of aromatic nitrogens is 2. The molecule has 0 aliphatic heterocycles. The van der Waals surface area contributed by atoms with Crippen LogP contribution in [-0.4, -0.2) is 9.97 Å². The monoisotopic (exact) mass is 274 g/mol. The molecule has 2 aromatic carbocycles. The highest BCUT2D eigenvalue weighted by Crippen LogP contribution is 2.34. The fraction of sp³-hybridized carbons (Fsp3) is 0.105. The number of aromatic amines is 1. The summed E-state index contributed by atoms with van der Waals surface area (Å²) >= 11 is 0. The number of hydrogen-bond acceptors (Lipinski definition) is 1. The van der Waals surface area contributed by atoms with Gasteiger partial charge in [0.2, 0.25) is 0 Å². The van der Waals surface area contributed by atoms with Gasteiger partial charge in [0.25, 0.3) is 0 Å². The number of fused-ring (bicyclic) bond motifs is 2. The Kier molecular flexibility index (Phi) is 3.69. The molecule has 0 amide bonds. The first-order valence-corrected chi connectivity index (χ1v) is 7.03. The molecule has 0 unspecified atom stereocenters. The predicted octanol–water partition coefficient (Wildman–Crippen LogP) is 4.77. The molecule has 0 fully saturated rings. The summed E-state index contributed by atoms with van der Waals surface area (Å²) in [6.45, 7) is 8.23. The Morgan fingerprint density at radius 3 is 2.38 bits per heavy atom. The van der Waals surface area contributed by atoms with Crippen molar-refractivity contribution in [2.45, 2.75) is 12.8 Å². The van der Waals surface area contributed by atoms with Crippen molar-refractivity contribution in [1.29, 1.82) is 0 Å². The molecule has 1 aliphatic rings. The second-order valence-corrected chi connectivity index (χ2v) is 5.32. The van der Waals surface area contributed by atoms with Crippen LogP contribution in [0.15, 0.2) is 73.9 Å². The van der Waals surface area contributed by atoms with E-state index in [-0.39, 0.29) is 0 Å². The number of nitrogens with one attached hydrogen (secondary N) is 1. The minimum atomic E-state index is 0.950. The van der Waals surface area contributed by atoms with E-state index in [9.17, 15) is 0 Å². The Balaban J connectivity index is 0.000000225. The van der Waals surface area contributed by atoms with Crippen LogP contribution in [0, 0.1) is 0 Å². The van der Waals surface area contributed by atoms with E-state index in [4.69, 9.17) is 0 Å². The lowest BCUT2D eigenvalue weighted by Crippen LogP contribution is -2.03. The van der Waals surface area contributed by atoms with E-state index in [0.717, 1.165) is 12.8 Å². The molecule has 1 aromatic heterocycles. The first-order valence-electron chi connectivity index (χ1n) is 7.03. The Labute approximate surface area is 124 Å². The van der Waals surface area contributed by atoms with Crippen molar-refractivity contribution in [3.63, 3.8) is 0 Å². The van der Waals surface area contributed by atoms with Gasteiger partial charge in [0.1, 0.15) is 0 Å². The van der Waals surface area contributed by atoms with E-state index in [1.54, 1.807) is 18.7 Å². The van der Waals surface area contributed by atoms with Crippen LogP contribution in [0.1, 0.15) is 17.5 Å². The largest absolute Gasteiger partial charge is 0.351 e. The summed E-state index contributed by atoms with van der Waals surface area (Å²) in [7, 11) is 0. The number of nitrogens with zero attached hydrogens (tertiary/aromatic N) is 1. The normalized spacial score (nSPS) is 13.5. The third-order valence-corrected chi connectivity index (χ3v) is 3.66. The van der Waals surface area contributed by atoms with E-state index in [1.807, 2.05) is 0 Å². The summed E-state index contributed by atoms with van der Waals surface area (Å²) in [5.74, 6) is 0. The minimum absolute atomic E-state index is 0.950. The lowest BCUT2D eigenvalue weighted by atomic mass is 9.84. The first kappa shape index (κ1) is 13.4. The van der Waals surface area contributed by atoms with Crippen LogP contribution in [0.4, 0.5) is 0 Å². The molecule has 1 N–H and O–H groups in total. The maximum atomic E-state index is 4.15. The standard InChI is InChI=1S/C16H14.C3H4N2/c1-11-7-12(2)16-10-14-6-4-3-5-13(14)9-15(16)8-11;1-2-5-3-4-1/h3-6,9-10H,1-2,7-8H2;1-3H,(H,4,5). The van der Waals surface area contributed by atoms with Gasteiger partial charge in [-0.1, -0.05) is 49.1 Å². The molecular formula is C19H18N2. The summed E-state index contributed by atoms with van der Waals surface area (Å²) < 4.78 is 0. The van der Waals surface area contributed by atoms with E-state index in [0.29, 0.717) is 0 Å². The van der Waals surface area contributed by atoms with Crippen molar-refractivity contribution >= 4 is 16.3 Å². The lowest BCUT2D eigenvalue weighted by molar-refractivity contribution is 1.04. The Hall–Kier alpha value is -2.61. The zero-order chi connectivity index (χ0) is 14.7. The van der Waals surface area contributed by atoms with E-state index >= 15 is 0 Å². The molecule has 4 rings (SSSR count). The van der Waals surface area contributed by atoms with E-state index < -0.39 is 0 Å². The third-order valence-electron chi connectivity index (χ3n) is 3.66. The molecule has 2 nitrogen and oxygen atoms in total. The molecule has 3 aromatic rings. The van der Waals surface area contributed by atoms with Crippen molar-refractivity contribution in [3.8, 4) is 0 Å². The van der Waals surface area contributed by atoms with Crippen LogP contribution in [0.3, 0.4) is 0 Å². The molecule has 2 heteroatoms. The molecular weight excluding hydrogens is 256 g/mol. The Morgan fingerprint density at radius 1 is 1.00 bits per heavy atom. The van der Waals surface area contributed by atoms with Gasteiger partial charge in [0.05, 0.1) is 6.33 Å². The second kappa shape index (κ2) is 5.80. The average Bonchev–Trinajstić information content (AvgIpc) is 3.05. The fourth-order valence-corrected chi connectivity index (χ4v) is 2.71. The fourth-order valence-electron chi connectivity index (χ4n) is 2.71. The Bertz CT molecular complexity index is 765. The topological polar surface area (TPSA) is 28.7 Å². The SMILES string of the molecule is C=C1CC(=C)c2cc3ccccc3cc2C1.c1c[nH]cn1. The maximum absolute atomic E-state index is 4.15. The number of H-pyrrole nitrogens is 1. The molecule has 0 spiro atoms. The van der Waals surface area contributed by atoms with Crippen LogP contribution >= 0.6 is 0 Å². The summed E-state index contributed by atoms with van der Waals surface area (Å²) in [4.78, 5) is 6.42. The molecule has 21 heavy (non-hydrogen) atoms. The molecule has 0 bridgehead atoms. The highest BCUT2D eigenvalue weighted by Gasteiger charge is 2.15. The van der Waals surface area contributed by atoms with Crippen molar-refractivity contribution in [2.24, 2.45) is 0 Å². The van der Waals surface area contributed by atoms with E-state index in [2.05, 4.69) is 59.5 Å². The van der Waals surface area contributed by atoms with Crippen LogP contribution in [0.2, 0.25) is 0 Å². The van der Waals surface area contributed by atoms with Crippen LogP contribution in [0.25, 0.3) is 16.3 Å². The van der Waals surface area contributed by atoms with Crippen LogP contribution < -0.4 is 0 Å². The van der Waals surface area contributed by atoms with Gasteiger partial charge in [0.15, 0.2) is 0 Å². The van der Waals surface area contributed by atoms with Crippen molar-refractivity contribution in [2.75, 3.05) is 0 Å². The van der Waals surface area contributed by atoms with Gasteiger partial charge in [-0.05, 0) is 46.4 Å². The molecule has 0 radical (unpaired) electrons. The number of hydrogen-bond donors (Lipinski definition) is 1. The minimum Gasteiger partial charge on any atom is -0.351 e. The van der Waals surface area contributed by atoms with Crippen LogP contribution in [0.5, 0.6) is 0 Å². The van der Waals surface area contributed by atoms with Gasteiger partial charge in [0, 0.05) is 12.4 Å². The quantitative estimate of drug-likeness (QED) is 0.588. The van der Waals surface area contributed by atoms with Crippen molar-refractivity contribution in [3.05, 3.63) is 85.0 Å². The second-order valence-electron chi connectivity index (χ2n) is 5.32. The van der Waals surface area contributed by atoms with E-state index in [1.165, 1.54) is 33.0 Å². The predicted molar refractivity (Wildman–Crippen MR) is 89.0 cm³/mol. The molecule has 0 saturated heterocycles. The first-order chi connectivity index (χ1) is 10.2. The van der Waals surface area contributed by atoms with Gasteiger partial charge in [-0.2, -0.15) is 0 Å².